The molecule has 0 fully saturated rings. The number of aromatic hydroxyl groups is 1. The number of nitrogens with one attached hydrogen (secondary N) is 1. The van der Waals surface area contributed by atoms with E-state index in [1.165, 1.54) is 7.11 Å². The summed E-state index contributed by atoms with van der Waals surface area (Å²) in [6.45, 7) is 4.43. The normalized spacial score (nSPS) is 12.5. The van der Waals surface area contributed by atoms with Crippen molar-refractivity contribution in [3.05, 3.63) is 29.8 Å². The molecule has 17 heavy (non-hydrogen) atoms. The van der Waals surface area contributed by atoms with Crippen molar-refractivity contribution < 1.29 is 14.6 Å². The number of hydrogen-bond donors (Lipinski definition) is 2. The topological polar surface area (TPSA) is 58.6 Å². The predicted octanol–water partition coefficient (Wildman–Crippen LogP) is 1.68. The van der Waals surface area contributed by atoms with Crippen LogP contribution in [0.3, 0.4) is 0 Å². The molecule has 0 saturated carbocycles. The fourth-order valence-electron chi connectivity index (χ4n) is 1.61. The molecular formula is C13H19NO3. The lowest BCUT2D eigenvalue weighted by atomic mass is 10.0. The Hall–Kier alpha value is -1.55. The van der Waals surface area contributed by atoms with Gasteiger partial charge in [0.05, 0.1) is 7.11 Å². The van der Waals surface area contributed by atoms with Crippen molar-refractivity contribution in [3.8, 4) is 5.75 Å². The van der Waals surface area contributed by atoms with E-state index >= 15 is 0 Å². The van der Waals surface area contributed by atoms with E-state index < -0.39 is 0 Å². The van der Waals surface area contributed by atoms with Gasteiger partial charge >= 0.3 is 5.97 Å². The van der Waals surface area contributed by atoms with Crippen molar-refractivity contribution in [2.75, 3.05) is 7.11 Å². The van der Waals surface area contributed by atoms with E-state index in [2.05, 4.69) is 5.32 Å². The first-order valence-corrected chi connectivity index (χ1v) is 5.63. The molecule has 0 unspecified atom stereocenters. The second kappa shape index (κ2) is 6.25. The Morgan fingerprint density at radius 3 is 2.71 bits per heavy atom. The van der Waals surface area contributed by atoms with Crippen LogP contribution in [-0.2, 0) is 16.1 Å². The summed E-state index contributed by atoms with van der Waals surface area (Å²) in [5, 5.41) is 12.5. The Balaban J connectivity index is 2.61. The lowest BCUT2D eigenvalue weighted by molar-refractivity contribution is -0.144. The number of methoxy groups -OCH3 is 1. The fourth-order valence-corrected chi connectivity index (χ4v) is 1.61. The van der Waals surface area contributed by atoms with Gasteiger partial charge in [-0.25, -0.2) is 0 Å². The van der Waals surface area contributed by atoms with Gasteiger partial charge in [-0.1, -0.05) is 26.0 Å². The number of rotatable bonds is 5. The Morgan fingerprint density at radius 1 is 1.47 bits per heavy atom. The summed E-state index contributed by atoms with van der Waals surface area (Å²) < 4.78 is 4.73. The average molecular weight is 237 g/mol. The van der Waals surface area contributed by atoms with Gasteiger partial charge < -0.3 is 15.2 Å². The van der Waals surface area contributed by atoms with Crippen LogP contribution in [0.2, 0.25) is 0 Å². The average Bonchev–Trinajstić information content (AvgIpc) is 2.28. The molecule has 0 aliphatic rings. The summed E-state index contributed by atoms with van der Waals surface area (Å²) in [6, 6.07) is 6.61. The Kier molecular flexibility index (Phi) is 4.97. The molecule has 0 spiro atoms. The molecule has 0 radical (unpaired) electrons. The molecular weight excluding hydrogens is 218 g/mol. The molecule has 1 aromatic rings. The van der Waals surface area contributed by atoms with Crippen LogP contribution >= 0.6 is 0 Å². The van der Waals surface area contributed by atoms with Crippen molar-refractivity contribution >= 4 is 5.97 Å². The molecule has 0 heterocycles. The molecule has 94 valence electrons. The Morgan fingerprint density at radius 2 is 2.18 bits per heavy atom. The first-order chi connectivity index (χ1) is 8.04. The highest BCUT2D eigenvalue weighted by Gasteiger charge is 2.21. The number of benzene rings is 1. The van der Waals surface area contributed by atoms with Gasteiger partial charge in [-0.05, 0) is 23.6 Å². The number of carbonyl (C=O) groups excluding carboxylic acids is 1. The molecule has 0 aromatic heterocycles. The van der Waals surface area contributed by atoms with E-state index in [0.29, 0.717) is 6.54 Å². The van der Waals surface area contributed by atoms with Crippen molar-refractivity contribution in [2.24, 2.45) is 5.92 Å². The van der Waals surface area contributed by atoms with E-state index in [1.807, 2.05) is 19.9 Å². The summed E-state index contributed by atoms with van der Waals surface area (Å²) in [5.41, 5.74) is 0.930. The fraction of sp³-hybridized carbons (Fsp3) is 0.462. The van der Waals surface area contributed by atoms with Crippen LogP contribution in [0.1, 0.15) is 19.4 Å². The van der Waals surface area contributed by atoms with Crippen LogP contribution in [-0.4, -0.2) is 24.2 Å². The smallest absolute Gasteiger partial charge is 0.323 e. The SMILES string of the molecule is COC(=O)[C@H](NCc1cccc(O)c1)C(C)C. The summed E-state index contributed by atoms with van der Waals surface area (Å²) in [5.74, 6) is 0.114. The Bertz CT molecular complexity index is 377. The molecule has 2 N–H and O–H groups in total. The molecule has 0 aliphatic carbocycles. The largest absolute Gasteiger partial charge is 0.508 e. The molecule has 0 amide bonds. The van der Waals surface area contributed by atoms with Crippen LogP contribution < -0.4 is 5.32 Å². The zero-order chi connectivity index (χ0) is 12.8. The summed E-state index contributed by atoms with van der Waals surface area (Å²) >= 11 is 0. The van der Waals surface area contributed by atoms with Crippen LogP contribution in [0.5, 0.6) is 5.75 Å². The number of phenols is 1. The third kappa shape index (κ3) is 4.07. The molecule has 1 atom stereocenters. The second-order valence-electron chi connectivity index (χ2n) is 4.30. The van der Waals surface area contributed by atoms with E-state index in [9.17, 15) is 9.90 Å². The van der Waals surface area contributed by atoms with E-state index in [4.69, 9.17) is 4.74 Å². The zero-order valence-electron chi connectivity index (χ0n) is 10.4. The van der Waals surface area contributed by atoms with Crippen LogP contribution in [0.15, 0.2) is 24.3 Å². The van der Waals surface area contributed by atoms with Crippen molar-refractivity contribution in [3.63, 3.8) is 0 Å². The second-order valence-corrected chi connectivity index (χ2v) is 4.30. The number of phenolic OH excluding ortho intramolecular Hbond substituents is 1. The summed E-state index contributed by atoms with van der Waals surface area (Å²) in [6.07, 6.45) is 0. The highest BCUT2D eigenvalue weighted by Crippen LogP contribution is 2.11. The Labute approximate surface area is 102 Å². The van der Waals surface area contributed by atoms with Gasteiger partial charge in [-0.2, -0.15) is 0 Å². The number of esters is 1. The van der Waals surface area contributed by atoms with Crippen LogP contribution in [0.25, 0.3) is 0 Å². The standard InChI is InChI=1S/C13H19NO3/c1-9(2)12(13(16)17-3)14-8-10-5-4-6-11(15)7-10/h4-7,9,12,14-15H,8H2,1-3H3/t12-/m1/s1. The van der Waals surface area contributed by atoms with Crippen LogP contribution in [0, 0.1) is 5.92 Å². The van der Waals surface area contributed by atoms with Crippen LogP contribution in [0.4, 0.5) is 0 Å². The minimum absolute atomic E-state index is 0.153. The van der Waals surface area contributed by atoms with E-state index in [-0.39, 0.29) is 23.7 Å². The molecule has 1 aromatic carbocycles. The van der Waals surface area contributed by atoms with Gasteiger partial charge in [-0.3, -0.25) is 4.79 Å². The minimum atomic E-state index is -0.331. The molecule has 0 bridgehead atoms. The maximum Gasteiger partial charge on any atom is 0.323 e. The van der Waals surface area contributed by atoms with Gasteiger partial charge in [0.1, 0.15) is 11.8 Å². The third-order valence-electron chi connectivity index (χ3n) is 2.56. The molecule has 1 rings (SSSR count). The van der Waals surface area contributed by atoms with Crippen molar-refractivity contribution in [2.45, 2.75) is 26.4 Å². The van der Waals surface area contributed by atoms with Crippen molar-refractivity contribution in [1.82, 2.24) is 5.32 Å². The van der Waals surface area contributed by atoms with Gasteiger partial charge in [0.15, 0.2) is 0 Å². The highest BCUT2D eigenvalue weighted by atomic mass is 16.5. The molecule has 4 nitrogen and oxygen atoms in total. The maximum atomic E-state index is 11.5. The summed E-state index contributed by atoms with van der Waals surface area (Å²) in [4.78, 5) is 11.5. The molecule has 0 aliphatic heterocycles. The third-order valence-corrected chi connectivity index (χ3v) is 2.56. The number of hydrogen-bond acceptors (Lipinski definition) is 4. The van der Waals surface area contributed by atoms with Crippen molar-refractivity contribution in [1.29, 1.82) is 0 Å². The number of ether oxygens (including phenoxy) is 1. The van der Waals surface area contributed by atoms with Gasteiger partial charge in [0.25, 0.3) is 0 Å². The first-order valence-electron chi connectivity index (χ1n) is 5.63. The number of carbonyl (C=O) groups is 1. The monoisotopic (exact) mass is 237 g/mol. The van der Waals surface area contributed by atoms with Gasteiger partial charge in [0, 0.05) is 6.54 Å². The lowest BCUT2D eigenvalue weighted by Gasteiger charge is -2.19. The predicted molar refractivity (Wildman–Crippen MR) is 65.6 cm³/mol. The van der Waals surface area contributed by atoms with E-state index in [0.717, 1.165) is 5.56 Å². The van der Waals surface area contributed by atoms with E-state index in [1.54, 1.807) is 18.2 Å². The summed E-state index contributed by atoms with van der Waals surface area (Å²) in [7, 11) is 1.38. The molecule has 4 heteroatoms. The van der Waals surface area contributed by atoms with Gasteiger partial charge in [0.2, 0.25) is 0 Å². The molecule has 0 saturated heterocycles. The quantitative estimate of drug-likeness (QED) is 0.765. The van der Waals surface area contributed by atoms with Gasteiger partial charge in [-0.15, -0.1) is 0 Å². The lowest BCUT2D eigenvalue weighted by Crippen LogP contribution is -2.41. The first kappa shape index (κ1) is 13.5. The maximum absolute atomic E-state index is 11.5. The zero-order valence-corrected chi connectivity index (χ0v) is 10.4. The minimum Gasteiger partial charge on any atom is -0.508 e. The highest BCUT2D eigenvalue weighted by molar-refractivity contribution is 5.75.